The van der Waals surface area contributed by atoms with Crippen molar-refractivity contribution in [3.05, 3.63) is 0 Å². The third-order valence-electron chi connectivity index (χ3n) is 14.0. The molecule has 186 valence electrons. The third kappa shape index (κ3) is 2.54. The summed E-state index contributed by atoms with van der Waals surface area (Å²) in [6, 6.07) is 0. The second-order valence-electron chi connectivity index (χ2n) is 15.5. The number of hydrogen-bond acceptors (Lipinski definition) is 3. The minimum Gasteiger partial charge on any atom is -0.411 e. The van der Waals surface area contributed by atoms with E-state index in [-0.39, 0.29) is 5.41 Å². The molecule has 1 saturated heterocycles. The highest BCUT2D eigenvalue weighted by Crippen LogP contribution is 2.77. The number of hydrogen-bond donors (Lipinski definition) is 1. The fraction of sp³-hybridized carbons (Fsp3) is 0.967. The van der Waals surface area contributed by atoms with Crippen molar-refractivity contribution in [3.8, 4) is 0 Å². The van der Waals surface area contributed by atoms with E-state index >= 15 is 0 Å². The molecule has 6 fully saturated rings. The van der Waals surface area contributed by atoms with Crippen LogP contribution in [0.2, 0.25) is 0 Å². The van der Waals surface area contributed by atoms with Crippen molar-refractivity contribution in [2.24, 2.45) is 61.3 Å². The van der Waals surface area contributed by atoms with E-state index < -0.39 is 0 Å². The monoisotopic (exact) mass is 455 g/mol. The first kappa shape index (κ1) is 22.9. The Morgan fingerprint density at radius 2 is 1.52 bits per heavy atom. The van der Waals surface area contributed by atoms with Gasteiger partial charge in [-0.3, -0.25) is 0 Å². The SMILES string of the molecule is CC1(C)CC[C@]23CC[C@]4(C)[C@H](CC[C@@H]5[C@@]6(C)CC/C(=N\O)C(C)(C)[C@@H]6CC[C@]54C)[C@H]2[C@H]1OC3. The first-order chi connectivity index (χ1) is 15.4. The molecule has 1 aliphatic heterocycles. The van der Waals surface area contributed by atoms with E-state index in [1.54, 1.807) is 0 Å². The Labute approximate surface area is 202 Å². The highest BCUT2D eigenvalue weighted by molar-refractivity contribution is 5.90. The number of rotatable bonds is 0. The fourth-order valence-corrected chi connectivity index (χ4v) is 12.0. The average Bonchev–Trinajstić information content (AvgIpc) is 3.07. The van der Waals surface area contributed by atoms with Crippen LogP contribution in [0.3, 0.4) is 0 Å². The predicted octanol–water partition coefficient (Wildman–Crippen LogP) is 7.71. The molecular formula is C30H49NO2. The van der Waals surface area contributed by atoms with Crippen LogP contribution in [0.25, 0.3) is 0 Å². The van der Waals surface area contributed by atoms with Crippen molar-refractivity contribution < 1.29 is 9.94 Å². The average molecular weight is 456 g/mol. The maximum atomic E-state index is 9.76. The molecule has 5 aliphatic carbocycles. The van der Waals surface area contributed by atoms with Gasteiger partial charge >= 0.3 is 0 Å². The van der Waals surface area contributed by atoms with E-state index in [1.165, 1.54) is 57.8 Å². The number of ether oxygens (including phenoxy) is 1. The normalized spacial score (nSPS) is 57.5. The van der Waals surface area contributed by atoms with Crippen molar-refractivity contribution in [3.63, 3.8) is 0 Å². The minimum absolute atomic E-state index is 0.0117. The molecule has 0 unspecified atom stereocenters. The molecule has 1 heterocycles. The van der Waals surface area contributed by atoms with Gasteiger partial charge in [0.25, 0.3) is 0 Å². The largest absolute Gasteiger partial charge is 0.411 e. The fourth-order valence-electron chi connectivity index (χ4n) is 12.0. The van der Waals surface area contributed by atoms with Gasteiger partial charge in [0.15, 0.2) is 0 Å². The lowest BCUT2D eigenvalue weighted by Gasteiger charge is -2.73. The van der Waals surface area contributed by atoms with E-state index in [1.807, 2.05) is 0 Å². The molecule has 0 aromatic heterocycles. The molecule has 6 rings (SSSR count). The summed E-state index contributed by atoms with van der Waals surface area (Å²) >= 11 is 0. The van der Waals surface area contributed by atoms with Gasteiger partial charge in [-0.05, 0) is 115 Å². The lowest BCUT2D eigenvalue weighted by molar-refractivity contribution is -0.235. The van der Waals surface area contributed by atoms with Gasteiger partial charge in [0.05, 0.1) is 18.4 Å². The van der Waals surface area contributed by atoms with Crippen molar-refractivity contribution >= 4 is 5.71 Å². The van der Waals surface area contributed by atoms with E-state index in [2.05, 4.69) is 53.6 Å². The van der Waals surface area contributed by atoms with E-state index in [0.29, 0.717) is 39.1 Å². The zero-order chi connectivity index (χ0) is 23.7. The summed E-state index contributed by atoms with van der Waals surface area (Å²) in [5, 5.41) is 13.6. The van der Waals surface area contributed by atoms with Gasteiger partial charge in [-0.1, -0.05) is 53.6 Å². The zero-order valence-corrected chi connectivity index (χ0v) is 22.5. The van der Waals surface area contributed by atoms with Crippen LogP contribution in [0.1, 0.15) is 113 Å². The number of nitrogens with zero attached hydrogens (tertiary/aromatic N) is 1. The van der Waals surface area contributed by atoms with E-state index in [9.17, 15) is 5.21 Å². The molecule has 3 nitrogen and oxygen atoms in total. The van der Waals surface area contributed by atoms with Gasteiger partial charge in [-0.2, -0.15) is 0 Å². The topological polar surface area (TPSA) is 41.8 Å². The molecule has 33 heavy (non-hydrogen) atoms. The highest BCUT2D eigenvalue weighted by Gasteiger charge is 2.72. The molecule has 2 bridgehead atoms. The van der Waals surface area contributed by atoms with Crippen LogP contribution in [0, 0.1) is 56.2 Å². The Morgan fingerprint density at radius 3 is 2.24 bits per heavy atom. The molecule has 3 heteroatoms. The van der Waals surface area contributed by atoms with Crippen LogP contribution in [0.15, 0.2) is 5.16 Å². The zero-order valence-electron chi connectivity index (χ0n) is 22.5. The molecule has 1 N–H and O–H groups in total. The van der Waals surface area contributed by atoms with Crippen LogP contribution in [-0.2, 0) is 4.74 Å². The molecule has 0 amide bonds. The Kier molecular flexibility index (Phi) is 4.57. The molecule has 9 atom stereocenters. The van der Waals surface area contributed by atoms with Gasteiger partial charge < -0.3 is 9.94 Å². The third-order valence-corrected chi connectivity index (χ3v) is 14.0. The first-order valence-electron chi connectivity index (χ1n) is 14.2. The lowest BCUT2D eigenvalue weighted by Crippen LogP contribution is -2.67. The van der Waals surface area contributed by atoms with E-state index in [4.69, 9.17) is 4.74 Å². The minimum atomic E-state index is 0.0117. The van der Waals surface area contributed by atoms with Crippen molar-refractivity contribution in [1.82, 2.24) is 0 Å². The summed E-state index contributed by atoms with van der Waals surface area (Å²) in [5.74, 6) is 3.02. The van der Waals surface area contributed by atoms with E-state index in [0.717, 1.165) is 36.5 Å². The quantitative estimate of drug-likeness (QED) is 0.300. The van der Waals surface area contributed by atoms with Crippen LogP contribution < -0.4 is 0 Å². The van der Waals surface area contributed by atoms with Crippen molar-refractivity contribution in [2.75, 3.05) is 6.61 Å². The number of fused-ring (bicyclic) bond motifs is 5. The predicted molar refractivity (Wildman–Crippen MR) is 133 cm³/mol. The van der Waals surface area contributed by atoms with Gasteiger partial charge in [-0.25, -0.2) is 0 Å². The summed E-state index contributed by atoms with van der Waals surface area (Å²) in [6.45, 7) is 18.8. The van der Waals surface area contributed by atoms with Gasteiger partial charge in [-0.15, -0.1) is 0 Å². The summed E-state index contributed by atoms with van der Waals surface area (Å²) < 4.78 is 6.71. The summed E-state index contributed by atoms with van der Waals surface area (Å²) in [5.41, 5.74) is 3.06. The van der Waals surface area contributed by atoms with Crippen LogP contribution >= 0.6 is 0 Å². The summed E-state index contributed by atoms with van der Waals surface area (Å²) in [4.78, 5) is 0. The smallest absolute Gasteiger partial charge is 0.0663 e. The maximum Gasteiger partial charge on any atom is 0.0663 e. The second kappa shape index (κ2) is 6.60. The lowest BCUT2D eigenvalue weighted by atomic mass is 9.31. The molecule has 5 saturated carbocycles. The molecule has 6 aliphatic rings. The molecule has 0 aromatic carbocycles. The van der Waals surface area contributed by atoms with Gasteiger partial charge in [0, 0.05) is 5.41 Å². The highest BCUT2D eigenvalue weighted by atomic mass is 16.5. The number of oxime groups is 1. The van der Waals surface area contributed by atoms with Gasteiger partial charge in [0.1, 0.15) is 0 Å². The molecule has 0 radical (unpaired) electrons. The Morgan fingerprint density at radius 1 is 0.788 bits per heavy atom. The van der Waals surface area contributed by atoms with Crippen LogP contribution in [0.4, 0.5) is 0 Å². The van der Waals surface area contributed by atoms with Crippen LogP contribution in [-0.4, -0.2) is 23.6 Å². The standard InChI is InChI=1S/C30H49NO2/c1-25(2)14-16-30-17-15-28(6)19(23(30)24(25)33-18-30)8-9-21-27(5)12-11-22(31-32)26(3,4)20(27)10-13-29(21,28)7/h19-21,23-24,32H,8-18H2,1-7H3/b31-22+/t19-,20+,21-,23+,24-,27+,28-,29-,30-/m1/s1. The first-order valence-corrected chi connectivity index (χ1v) is 14.2. The Bertz CT molecular complexity index is 877. The summed E-state index contributed by atoms with van der Waals surface area (Å²) in [7, 11) is 0. The Balaban J connectivity index is 1.39. The maximum absolute atomic E-state index is 9.76. The Hall–Kier alpha value is -0.570. The van der Waals surface area contributed by atoms with Crippen molar-refractivity contribution in [2.45, 2.75) is 119 Å². The van der Waals surface area contributed by atoms with Gasteiger partial charge in [0.2, 0.25) is 0 Å². The second-order valence-corrected chi connectivity index (χ2v) is 15.5. The molecule has 0 spiro atoms. The molecule has 0 aromatic rings. The van der Waals surface area contributed by atoms with Crippen LogP contribution in [0.5, 0.6) is 0 Å². The molecular weight excluding hydrogens is 406 g/mol. The summed E-state index contributed by atoms with van der Waals surface area (Å²) in [6.07, 6.45) is 13.6. The van der Waals surface area contributed by atoms with Crippen molar-refractivity contribution in [1.29, 1.82) is 0 Å².